The first-order valence-corrected chi connectivity index (χ1v) is 11.1. The van der Waals surface area contributed by atoms with Crippen LogP contribution >= 0.6 is 0 Å². The first kappa shape index (κ1) is 20.0. The number of amides is 1. The molecule has 1 atom stereocenters. The fourth-order valence-corrected chi connectivity index (χ4v) is 4.81. The van der Waals surface area contributed by atoms with E-state index in [1.54, 1.807) is 6.20 Å². The quantitative estimate of drug-likeness (QED) is 0.592. The Balaban J connectivity index is 1.36. The minimum atomic E-state index is -0.172. The average Bonchev–Trinajstić information content (AvgIpc) is 3.30. The Labute approximate surface area is 182 Å². The van der Waals surface area contributed by atoms with Crippen LogP contribution in [0.4, 0.5) is 5.69 Å². The highest BCUT2D eigenvalue weighted by molar-refractivity contribution is 6.03. The van der Waals surface area contributed by atoms with Gasteiger partial charge in [0.2, 0.25) is 0 Å². The Hall–Kier alpha value is -2.93. The molecule has 1 unspecified atom stereocenters. The van der Waals surface area contributed by atoms with Crippen molar-refractivity contribution >= 4 is 11.6 Å². The summed E-state index contributed by atoms with van der Waals surface area (Å²) in [4.78, 5) is 13.0. The molecular weight excluding hydrogens is 388 g/mol. The van der Waals surface area contributed by atoms with Crippen LogP contribution in [-0.2, 0) is 12.8 Å². The summed E-state index contributed by atoms with van der Waals surface area (Å²) in [7, 11) is 0. The van der Waals surface area contributed by atoms with Gasteiger partial charge in [0.25, 0.3) is 5.91 Å². The van der Waals surface area contributed by atoms with Gasteiger partial charge in [0.1, 0.15) is 0 Å². The van der Waals surface area contributed by atoms with Gasteiger partial charge >= 0.3 is 0 Å². The Morgan fingerprint density at radius 1 is 1.32 bits per heavy atom. The fourth-order valence-electron chi connectivity index (χ4n) is 4.81. The predicted molar refractivity (Wildman–Crippen MR) is 120 cm³/mol. The smallest absolute Gasteiger partial charge is 0.276 e. The van der Waals surface area contributed by atoms with Crippen molar-refractivity contribution in [3.63, 3.8) is 0 Å². The molecule has 0 radical (unpaired) electrons. The molecule has 7 nitrogen and oxygen atoms in total. The fraction of sp³-hybridized carbons (Fsp3) is 0.458. The lowest BCUT2D eigenvalue weighted by Gasteiger charge is -2.35. The van der Waals surface area contributed by atoms with Gasteiger partial charge in [-0.25, -0.2) is 0 Å². The van der Waals surface area contributed by atoms with Gasteiger partial charge in [-0.05, 0) is 37.2 Å². The lowest BCUT2D eigenvalue weighted by atomic mass is 9.76. The van der Waals surface area contributed by atoms with E-state index in [1.165, 1.54) is 11.1 Å². The van der Waals surface area contributed by atoms with Crippen LogP contribution in [0.5, 0.6) is 0 Å². The van der Waals surface area contributed by atoms with Crippen molar-refractivity contribution in [1.82, 2.24) is 25.3 Å². The van der Waals surface area contributed by atoms with Crippen molar-refractivity contribution in [2.45, 2.75) is 46.1 Å². The minimum Gasteiger partial charge on any atom is -0.318 e. The number of hydrogen-bond acceptors (Lipinski definition) is 4. The summed E-state index contributed by atoms with van der Waals surface area (Å²) in [5.74, 6) is 0.307. The van der Waals surface area contributed by atoms with E-state index < -0.39 is 0 Å². The number of benzene rings is 1. The Bertz CT molecular complexity index is 1110. The molecule has 2 aromatic heterocycles. The van der Waals surface area contributed by atoms with Crippen molar-refractivity contribution < 1.29 is 4.79 Å². The van der Waals surface area contributed by atoms with Gasteiger partial charge in [0, 0.05) is 36.5 Å². The summed E-state index contributed by atoms with van der Waals surface area (Å²) < 4.78 is 1.98. The summed E-state index contributed by atoms with van der Waals surface area (Å²) in [5.41, 5.74) is 6.09. The molecular formula is C24H30N6O. The van der Waals surface area contributed by atoms with Crippen molar-refractivity contribution in [1.29, 1.82) is 0 Å². The van der Waals surface area contributed by atoms with Crippen molar-refractivity contribution in [3.05, 3.63) is 64.7 Å². The summed E-state index contributed by atoms with van der Waals surface area (Å²) >= 11 is 0. The van der Waals surface area contributed by atoms with E-state index in [2.05, 4.69) is 71.0 Å². The second-order valence-electron chi connectivity index (χ2n) is 9.81. The highest BCUT2D eigenvalue weighted by Crippen LogP contribution is 2.35. The number of carbonyl (C=O) groups is 1. The molecule has 1 amide bonds. The summed E-state index contributed by atoms with van der Waals surface area (Å²) in [6.07, 6.45) is 6.53. The molecule has 1 saturated heterocycles. The summed E-state index contributed by atoms with van der Waals surface area (Å²) in [5, 5.41) is 18.4. The normalized spacial score (nSPS) is 18.8. The molecule has 31 heavy (non-hydrogen) atoms. The number of nitrogens with zero attached hydrogens (tertiary/aromatic N) is 3. The summed E-state index contributed by atoms with van der Waals surface area (Å²) in [6, 6.07) is 8.73. The molecule has 1 aliphatic carbocycles. The molecule has 7 heteroatoms. The number of H-pyrrole nitrogens is 1. The number of aryl methyl sites for hydroxylation is 1. The van der Waals surface area contributed by atoms with E-state index in [-0.39, 0.29) is 17.4 Å². The molecule has 2 aliphatic rings. The van der Waals surface area contributed by atoms with E-state index >= 15 is 0 Å². The maximum Gasteiger partial charge on any atom is 0.276 e. The lowest BCUT2D eigenvalue weighted by Crippen LogP contribution is -2.47. The van der Waals surface area contributed by atoms with Crippen molar-refractivity contribution in [3.8, 4) is 0 Å². The Kier molecular flexibility index (Phi) is 4.93. The number of rotatable bonds is 5. The van der Waals surface area contributed by atoms with Gasteiger partial charge < -0.3 is 10.6 Å². The molecule has 1 fully saturated rings. The van der Waals surface area contributed by atoms with Gasteiger partial charge in [-0.2, -0.15) is 10.2 Å². The van der Waals surface area contributed by atoms with E-state index in [1.807, 2.05) is 10.9 Å². The standard InChI is InChI=1S/C24H30N6O/c1-15-5-4-6-16(9-15)22(17-11-25-12-17)30-14-18(13-26-30)27-23(31)21-19-7-8-24(2,3)10-20(19)28-29-21/h4-6,9,13-14,17,22,25H,7-8,10-12H2,1-3H3,(H,27,31)(H,28,29). The lowest BCUT2D eigenvalue weighted by molar-refractivity contribution is 0.102. The first-order valence-electron chi connectivity index (χ1n) is 11.1. The second kappa shape index (κ2) is 7.64. The highest BCUT2D eigenvalue weighted by atomic mass is 16.2. The molecule has 3 aromatic rings. The van der Waals surface area contributed by atoms with E-state index in [9.17, 15) is 4.79 Å². The van der Waals surface area contributed by atoms with Crippen molar-refractivity contribution in [2.75, 3.05) is 18.4 Å². The average molecular weight is 419 g/mol. The molecule has 0 spiro atoms. The maximum atomic E-state index is 13.0. The van der Waals surface area contributed by atoms with Gasteiger partial charge in [0.15, 0.2) is 5.69 Å². The number of carbonyl (C=O) groups excluding carboxylic acids is 1. The van der Waals surface area contributed by atoms with E-state index in [0.717, 1.165) is 43.6 Å². The first-order chi connectivity index (χ1) is 14.9. The van der Waals surface area contributed by atoms with Crippen LogP contribution in [-0.4, -0.2) is 39.0 Å². The van der Waals surface area contributed by atoms with Crippen LogP contribution in [0.3, 0.4) is 0 Å². The molecule has 162 valence electrons. The van der Waals surface area contributed by atoms with Gasteiger partial charge in [-0.15, -0.1) is 0 Å². The topological polar surface area (TPSA) is 87.6 Å². The molecule has 0 bridgehead atoms. The van der Waals surface area contributed by atoms with Crippen molar-refractivity contribution in [2.24, 2.45) is 11.3 Å². The molecule has 1 aromatic carbocycles. The van der Waals surface area contributed by atoms with Crippen LogP contribution in [0.2, 0.25) is 0 Å². The SMILES string of the molecule is Cc1cccc(C(C2CNC2)n2cc(NC(=O)c3n[nH]c4c3CCC(C)(C)C4)cn2)c1. The number of hydrogen-bond donors (Lipinski definition) is 3. The zero-order valence-electron chi connectivity index (χ0n) is 18.4. The number of fused-ring (bicyclic) bond motifs is 1. The third-order valence-corrected chi connectivity index (χ3v) is 6.66. The Morgan fingerprint density at radius 2 is 2.16 bits per heavy atom. The highest BCUT2D eigenvalue weighted by Gasteiger charge is 2.32. The second-order valence-corrected chi connectivity index (χ2v) is 9.81. The monoisotopic (exact) mass is 418 g/mol. The number of nitrogens with one attached hydrogen (secondary N) is 3. The van der Waals surface area contributed by atoms with E-state index in [0.29, 0.717) is 17.3 Å². The minimum absolute atomic E-state index is 0.146. The molecule has 0 saturated carbocycles. The zero-order valence-corrected chi connectivity index (χ0v) is 18.4. The van der Waals surface area contributed by atoms with Crippen LogP contribution in [0.1, 0.15) is 59.2 Å². The zero-order chi connectivity index (χ0) is 21.6. The largest absolute Gasteiger partial charge is 0.318 e. The number of aromatic nitrogens is 4. The van der Waals surface area contributed by atoms with Crippen LogP contribution in [0, 0.1) is 18.3 Å². The maximum absolute atomic E-state index is 13.0. The Morgan fingerprint density at radius 3 is 2.90 bits per heavy atom. The van der Waals surface area contributed by atoms with E-state index in [4.69, 9.17) is 0 Å². The third kappa shape index (κ3) is 3.90. The molecule has 3 heterocycles. The molecule has 3 N–H and O–H groups in total. The molecule has 1 aliphatic heterocycles. The number of aromatic amines is 1. The summed E-state index contributed by atoms with van der Waals surface area (Å²) in [6.45, 7) is 8.56. The number of anilines is 1. The van der Waals surface area contributed by atoms with Crippen LogP contribution < -0.4 is 10.6 Å². The van der Waals surface area contributed by atoms with Crippen LogP contribution in [0.25, 0.3) is 0 Å². The van der Waals surface area contributed by atoms with Gasteiger partial charge in [0.05, 0.1) is 17.9 Å². The van der Waals surface area contributed by atoms with Gasteiger partial charge in [-0.3, -0.25) is 14.6 Å². The third-order valence-electron chi connectivity index (χ3n) is 6.66. The van der Waals surface area contributed by atoms with Gasteiger partial charge in [-0.1, -0.05) is 43.7 Å². The molecule has 5 rings (SSSR count). The predicted octanol–water partition coefficient (Wildman–Crippen LogP) is 3.49. The van der Waals surface area contributed by atoms with Crippen LogP contribution in [0.15, 0.2) is 36.7 Å².